The number of nitro groups is 2. The number of benzene rings is 8. The Labute approximate surface area is 376 Å². The van der Waals surface area contributed by atoms with Gasteiger partial charge < -0.3 is 9.68 Å². The molecule has 0 aliphatic heterocycles. The van der Waals surface area contributed by atoms with Crippen LogP contribution in [0.1, 0.15) is 44.5 Å². The Kier molecular flexibility index (Phi) is 13.3. The molecule has 8 nitrogen and oxygen atoms in total. The standard InChI is InChI=1S/C27H19NO2.C21H15Cl.C6H5BNO4/c29-28(30)26-14-8-7-13-23(26)21-15-16-24-22(17-21)18-25(19-9-3-1-4-10-19)27(24)20-11-5-2-6-12-20;22-18-11-12-19-17(13-18)14-20(15-7-3-1-4-8-15)21(19)16-9-5-2-6-10-16;9-7-12-6-4-2-1-3-5(6)8(10)11/h1-17H,18H2;1-13H,14H2;1-4,9H. The van der Waals surface area contributed by atoms with E-state index in [0.29, 0.717) is 13.2 Å². The zero-order chi connectivity index (χ0) is 44.4. The Morgan fingerprint density at radius 1 is 0.453 bits per heavy atom. The summed E-state index contributed by atoms with van der Waals surface area (Å²) in [7, 11) is 0.405. The second-order valence-electron chi connectivity index (χ2n) is 14.9. The third-order valence-corrected chi connectivity index (χ3v) is 11.3. The molecule has 10 heteroatoms. The lowest BCUT2D eigenvalue weighted by atomic mass is 9.93. The molecule has 1 radical (unpaired) electrons. The molecule has 2 aliphatic rings. The lowest BCUT2D eigenvalue weighted by Gasteiger charge is -2.10. The Morgan fingerprint density at radius 2 is 0.875 bits per heavy atom. The topological polar surface area (TPSA) is 116 Å². The second-order valence-corrected chi connectivity index (χ2v) is 15.4. The second kappa shape index (κ2) is 19.9. The zero-order valence-corrected chi connectivity index (χ0v) is 35.1. The summed E-state index contributed by atoms with van der Waals surface area (Å²) in [6.45, 7) is 0. The van der Waals surface area contributed by atoms with Gasteiger partial charge in [-0.1, -0.05) is 175 Å². The smallest absolute Gasteiger partial charge is 0.533 e. The molecule has 0 saturated heterocycles. The molecule has 0 saturated carbocycles. The van der Waals surface area contributed by atoms with Crippen molar-refractivity contribution in [2.24, 2.45) is 0 Å². The third-order valence-electron chi connectivity index (χ3n) is 11.1. The van der Waals surface area contributed by atoms with Gasteiger partial charge in [0.1, 0.15) is 0 Å². The highest BCUT2D eigenvalue weighted by molar-refractivity contribution is 6.30. The maximum atomic E-state index is 11.5. The van der Waals surface area contributed by atoms with Gasteiger partial charge in [0.05, 0.1) is 15.4 Å². The normalized spacial score (nSPS) is 12.2. The van der Waals surface area contributed by atoms with E-state index in [1.807, 2.05) is 36.4 Å². The number of rotatable bonds is 9. The first-order chi connectivity index (χ1) is 31.3. The first-order valence-corrected chi connectivity index (χ1v) is 20.9. The number of nitro benzene ring substituents is 2. The van der Waals surface area contributed by atoms with Gasteiger partial charge in [-0.25, -0.2) is 0 Å². The van der Waals surface area contributed by atoms with Crippen molar-refractivity contribution in [3.05, 3.63) is 276 Å². The molecule has 0 fully saturated rings. The van der Waals surface area contributed by atoms with Crippen molar-refractivity contribution in [1.29, 1.82) is 0 Å². The summed E-state index contributed by atoms with van der Waals surface area (Å²) in [6, 6.07) is 67.3. The minimum absolute atomic E-state index is 0.0185. The van der Waals surface area contributed by atoms with Gasteiger partial charge in [-0.15, -0.1) is 0 Å². The molecule has 0 atom stereocenters. The van der Waals surface area contributed by atoms with E-state index in [9.17, 15) is 20.2 Å². The van der Waals surface area contributed by atoms with E-state index in [1.54, 1.807) is 18.2 Å². The summed E-state index contributed by atoms with van der Waals surface area (Å²) in [5, 5.41) is 30.9. The van der Waals surface area contributed by atoms with Crippen LogP contribution in [0.5, 0.6) is 5.75 Å². The molecule has 0 heterocycles. The number of hydrogen-bond donors (Lipinski definition) is 1. The van der Waals surface area contributed by atoms with Gasteiger partial charge in [-0.2, -0.15) is 0 Å². The van der Waals surface area contributed by atoms with Gasteiger partial charge in [0, 0.05) is 17.2 Å². The van der Waals surface area contributed by atoms with E-state index in [1.165, 1.54) is 85.0 Å². The van der Waals surface area contributed by atoms with Crippen molar-refractivity contribution < 1.29 is 19.5 Å². The summed E-state index contributed by atoms with van der Waals surface area (Å²) in [6.07, 6.45) is 1.74. The molecule has 0 unspecified atom stereocenters. The number of para-hydroxylation sites is 3. The van der Waals surface area contributed by atoms with Crippen LogP contribution in [0, 0.1) is 20.2 Å². The summed E-state index contributed by atoms with van der Waals surface area (Å²) in [5.41, 5.74) is 16.7. The van der Waals surface area contributed by atoms with Crippen LogP contribution in [0.2, 0.25) is 5.02 Å². The third kappa shape index (κ3) is 9.46. The van der Waals surface area contributed by atoms with E-state index in [4.69, 9.17) is 16.6 Å². The highest BCUT2D eigenvalue weighted by Gasteiger charge is 2.26. The SMILES string of the molecule is Clc1ccc2c(c1)CC(c1ccccc1)=C2c1ccccc1.O=[N+]([O-])c1ccccc1-c1ccc2c(c1)CC(c1ccccc1)=C2c1ccccc1.O=[N+]([O-])c1ccccc1O[B]O. The molecular formula is C54H39BClN2O6. The molecular weight excluding hydrogens is 819 g/mol. The molecule has 8 aromatic carbocycles. The fourth-order valence-electron chi connectivity index (χ4n) is 8.27. The first-order valence-electron chi connectivity index (χ1n) is 20.5. The number of halogens is 1. The molecule has 1 N–H and O–H groups in total. The monoisotopic (exact) mass is 857 g/mol. The van der Waals surface area contributed by atoms with Crippen molar-refractivity contribution in [1.82, 2.24) is 0 Å². The highest BCUT2D eigenvalue weighted by atomic mass is 35.5. The summed E-state index contributed by atoms with van der Waals surface area (Å²) in [5.74, 6) is 0.0185. The lowest BCUT2D eigenvalue weighted by molar-refractivity contribution is -0.385. The first kappa shape index (κ1) is 42.8. The van der Waals surface area contributed by atoms with Gasteiger partial charge in [-0.05, 0) is 116 Å². The molecule has 0 spiro atoms. The van der Waals surface area contributed by atoms with E-state index in [0.717, 1.165) is 23.4 Å². The van der Waals surface area contributed by atoms with Crippen LogP contribution in [-0.2, 0) is 12.8 Å². The van der Waals surface area contributed by atoms with Crippen molar-refractivity contribution >= 4 is 53.0 Å². The number of hydrogen-bond acceptors (Lipinski definition) is 6. The number of nitrogens with zero attached hydrogens (tertiary/aromatic N) is 2. The maximum absolute atomic E-state index is 11.5. The lowest BCUT2D eigenvalue weighted by Crippen LogP contribution is -2.02. The van der Waals surface area contributed by atoms with Gasteiger partial charge in [-0.3, -0.25) is 20.2 Å². The highest BCUT2D eigenvalue weighted by Crippen LogP contribution is 2.45. The predicted octanol–water partition coefficient (Wildman–Crippen LogP) is 13.1. The maximum Gasteiger partial charge on any atom is 0.569 e. The van der Waals surface area contributed by atoms with E-state index >= 15 is 0 Å². The van der Waals surface area contributed by atoms with Gasteiger partial charge >= 0.3 is 13.4 Å². The van der Waals surface area contributed by atoms with Crippen LogP contribution in [0.25, 0.3) is 33.4 Å². The van der Waals surface area contributed by atoms with Crippen molar-refractivity contribution in [3.8, 4) is 16.9 Å². The number of fused-ring (bicyclic) bond motifs is 2. The quantitative estimate of drug-likeness (QED) is 0.0878. The fourth-order valence-corrected chi connectivity index (χ4v) is 8.46. The Morgan fingerprint density at radius 3 is 1.38 bits per heavy atom. The molecule has 0 bridgehead atoms. The van der Waals surface area contributed by atoms with Crippen LogP contribution in [0.3, 0.4) is 0 Å². The summed E-state index contributed by atoms with van der Waals surface area (Å²) in [4.78, 5) is 20.9. The van der Waals surface area contributed by atoms with Crippen LogP contribution in [-0.4, -0.2) is 22.6 Å². The molecule has 8 aromatic rings. The average molecular weight is 858 g/mol. The zero-order valence-electron chi connectivity index (χ0n) is 34.4. The van der Waals surface area contributed by atoms with Crippen molar-refractivity contribution in [2.75, 3.05) is 0 Å². The van der Waals surface area contributed by atoms with Gasteiger partial charge in [0.2, 0.25) is 0 Å². The number of allylic oxidation sites excluding steroid dienone is 2. The van der Waals surface area contributed by atoms with Crippen molar-refractivity contribution in [3.63, 3.8) is 0 Å². The van der Waals surface area contributed by atoms with Crippen molar-refractivity contribution in [2.45, 2.75) is 12.8 Å². The minimum atomic E-state index is -0.584. The molecule has 0 amide bonds. The Balaban J connectivity index is 0.000000144. The Hall–Kier alpha value is -7.85. The molecule has 64 heavy (non-hydrogen) atoms. The van der Waals surface area contributed by atoms with Crippen LogP contribution in [0.4, 0.5) is 11.4 Å². The van der Waals surface area contributed by atoms with Crippen LogP contribution in [0.15, 0.2) is 206 Å². The Bertz CT molecular complexity index is 3020. The van der Waals surface area contributed by atoms with E-state index < -0.39 is 4.92 Å². The van der Waals surface area contributed by atoms with E-state index in [-0.39, 0.29) is 22.0 Å². The summed E-state index contributed by atoms with van der Waals surface area (Å²) >= 11 is 6.19. The minimum Gasteiger partial charge on any atom is -0.533 e. The van der Waals surface area contributed by atoms with E-state index in [2.05, 4.69) is 138 Å². The van der Waals surface area contributed by atoms with Gasteiger partial charge in [0.25, 0.3) is 5.69 Å². The largest absolute Gasteiger partial charge is 0.569 e. The van der Waals surface area contributed by atoms with Gasteiger partial charge in [0.15, 0.2) is 5.75 Å². The molecule has 311 valence electrons. The van der Waals surface area contributed by atoms with Crippen LogP contribution < -0.4 is 4.65 Å². The summed E-state index contributed by atoms with van der Waals surface area (Å²) < 4.78 is 4.49. The predicted molar refractivity (Wildman–Crippen MR) is 257 cm³/mol. The molecule has 2 aliphatic carbocycles. The molecule has 0 aromatic heterocycles. The fraction of sp³-hybridized carbons (Fsp3) is 0.0370. The van der Waals surface area contributed by atoms with Crippen LogP contribution >= 0.6 is 11.6 Å². The average Bonchev–Trinajstić information content (AvgIpc) is 3.92. The molecule has 10 rings (SSSR count).